The molecule has 4 nitrogen and oxygen atoms in total. The molecule has 0 saturated carbocycles. The number of Topliss-reactive ketones (excluding diaryl/α,β-unsaturated/α-hetero) is 1. The van der Waals surface area contributed by atoms with Gasteiger partial charge in [0.15, 0.2) is 12.4 Å². The average molecular weight is 329 g/mol. The molecule has 0 radical (unpaired) electrons. The second kappa shape index (κ2) is 8.24. The first-order chi connectivity index (χ1) is 11.5. The van der Waals surface area contributed by atoms with Crippen LogP contribution in [0.4, 0.5) is 4.39 Å². The number of halogens is 1. The monoisotopic (exact) mass is 329 g/mol. The number of aryl methyl sites for hydroxylation is 1. The van der Waals surface area contributed by atoms with Crippen molar-refractivity contribution in [3.05, 3.63) is 65.0 Å². The number of nitrogens with one attached hydrogen (secondary N) is 1. The maximum Gasteiger partial charge on any atom is 0.258 e. The van der Waals surface area contributed by atoms with Crippen LogP contribution in [0.15, 0.2) is 42.5 Å². The molecule has 0 saturated heterocycles. The van der Waals surface area contributed by atoms with Gasteiger partial charge in [-0.15, -0.1) is 0 Å². The van der Waals surface area contributed by atoms with Crippen molar-refractivity contribution < 1.29 is 18.7 Å². The molecule has 0 bridgehead atoms. The smallest absolute Gasteiger partial charge is 0.258 e. The summed E-state index contributed by atoms with van der Waals surface area (Å²) < 4.78 is 18.8. The van der Waals surface area contributed by atoms with Crippen molar-refractivity contribution in [3.8, 4) is 5.75 Å². The average Bonchev–Trinajstić information content (AvgIpc) is 2.60. The van der Waals surface area contributed by atoms with Crippen LogP contribution in [0, 0.1) is 12.7 Å². The molecule has 2 aromatic carbocycles. The number of ether oxygens (including phenoxy) is 1. The zero-order chi connectivity index (χ0) is 17.5. The fraction of sp³-hybridized carbons (Fsp3) is 0.263. The Balaban J connectivity index is 1.80. The Morgan fingerprint density at radius 2 is 1.83 bits per heavy atom. The highest BCUT2D eigenvalue weighted by Gasteiger charge is 2.06. The molecule has 2 rings (SSSR count). The highest BCUT2D eigenvalue weighted by Crippen LogP contribution is 2.13. The van der Waals surface area contributed by atoms with E-state index >= 15 is 0 Å². The van der Waals surface area contributed by atoms with Crippen LogP contribution in [0.1, 0.15) is 34.8 Å². The van der Waals surface area contributed by atoms with Crippen LogP contribution >= 0.6 is 0 Å². The first-order valence-corrected chi connectivity index (χ1v) is 7.77. The van der Waals surface area contributed by atoms with Crippen LogP contribution in [0.2, 0.25) is 0 Å². The van der Waals surface area contributed by atoms with Gasteiger partial charge in [-0.2, -0.15) is 0 Å². The largest absolute Gasteiger partial charge is 0.484 e. The topological polar surface area (TPSA) is 55.4 Å². The number of carbonyl (C=O) groups is 2. The third kappa shape index (κ3) is 4.91. The third-order valence-electron chi connectivity index (χ3n) is 3.59. The van der Waals surface area contributed by atoms with E-state index in [4.69, 9.17) is 4.74 Å². The molecule has 0 fully saturated rings. The maximum atomic E-state index is 13.4. The Morgan fingerprint density at radius 1 is 1.12 bits per heavy atom. The van der Waals surface area contributed by atoms with Crippen molar-refractivity contribution in [2.45, 2.75) is 26.8 Å². The van der Waals surface area contributed by atoms with Crippen LogP contribution in [0.25, 0.3) is 0 Å². The summed E-state index contributed by atoms with van der Waals surface area (Å²) in [4.78, 5) is 23.3. The number of benzene rings is 2. The molecule has 0 aromatic heterocycles. The molecule has 1 N–H and O–H groups in total. The van der Waals surface area contributed by atoms with Gasteiger partial charge in [-0.25, -0.2) is 4.39 Å². The first kappa shape index (κ1) is 17.7. The van der Waals surface area contributed by atoms with Crippen molar-refractivity contribution in [2.75, 3.05) is 6.61 Å². The van der Waals surface area contributed by atoms with Gasteiger partial charge in [0.05, 0.1) is 0 Å². The summed E-state index contributed by atoms with van der Waals surface area (Å²) in [6.07, 6.45) is 0.447. The maximum absolute atomic E-state index is 13.4. The lowest BCUT2D eigenvalue weighted by atomic mass is 10.1. The number of hydrogen-bond donors (Lipinski definition) is 1. The Morgan fingerprint density at radius 3 is 2.46 bits per heavy atom. The van der Waals surface area contributed by atoms with Gasteiger partial charge < -0.3 is 10.1 Å². The second-order valence-electron chi connectivity index (χ2n) is 5.45. The quantitative estimate of drug-likeness (QED) is 0.792. The molecule has 0 atom stereocenters. The van der Waals surface area contributed by atoms with Crippen LogP contribution in [-0.4, -0.2) is 18.3 Å². The van der Waals surface area contributed by atoms with Gasteiger partial charge in [-0.3, -0.25) is 9.59 Å². The SMILES string of the molecule is CCC(=O)c1ccc(OCC(=O)NCc2ccc(C)c(F)c2)cc1. The zero-order valence-corrected chi connectivity index (χ0v) is 13.8. The van der Waals surface area contributed by atoms with Crippen molar-refractivity contribution >= 4 is 11.7 Å². The van der Waals surface area contributed by atoms with E-state index < -0.39 is 0 Å². The standard InChI is InChI=1S/C19H20FNO3/c1-3-18(22)15-6-8-16(9-7-15)24-12-19(23)21-11-14-5-4-13(2)17(20)10-14/h4-10H,3,11-12H2,1-2H3,(H,21,23). The number of amides is 1. The molecule has 1 amide bonds. The summed E-state index contributed by atoms with van der Waals surface area (Å²) in [5.74, 6) is -0.0202. The van der Waals surface area contributed by atoms with Crippen molar-refractivity contribution in [1.82, 2.24) is 5.32 Å². The molecule has 0 spiro atoms. The fourth-order valence-corrected chi connectivity index (χ4v) is 2.09. The van der Waals surface area contributed by atoms with Crippen molar-refractivity contribution in [3.63, 3.8) is 0 Å². The molecule has 5 heteroatoms. The highest BCUT2D eigenvalue weighted by molar-refractivity contribution is 5.95. The summed E-state index contributed by atoms with van der Waals surface area (Å²) in [5, 5.41) is 2.67. The molecule has 0 aliphatic carbocycles. The molecular formula is C19H20FNO3. The Bertz CT molecular complexity index is 726. The van der Waals surface area contributed by atoms with Gasteiger partial charge in [0.2, 0.25) is 0 Å². The van der Waals surface area contributed by atoms with E-state index in [1.54, 1.807) is 50.2 Å². The van der Waals surface area contributed by atoms with E-state index in [1.807, 2.05) is 0 Å². The Labute approximate surface area is 140 Å². The number of hydrogen-bond acceptors (Lipinski definition) is 3. The van der Waals surface area contributed by atoms with Gasteiger partial charge in [0, 0.05) is 18.5 Å². The summed E-state index contributed by atoms with van der Waals surface area (Å²) in [5.41, 5.74) is 1.88. The first-order valence-electron chi connectivity index (χ1n) is 7.77. The summed E-state index contributed by atoms with van der Waals surface area (Å²) in [6, 6.07) is 11.5. The van der Waals surface area contributed by atoms with Gasteiger partial charge in [-0.05, 0) is 48.4 Å². The molecule has 0 unspecified atom stereocenters. The van der Waals surface area contributed by atoms with E-state index in [0.717, 1.165) is 0 Å². The van der Waals surface area contributed by atoms with Crippen molar-refractivity contribution in [1.29, 1.82) is 0 Å². The predicted molar refractivity (Wildman–Crippen MR) is 89.5 cm³/mol. The second-order valence-corrected chi connectivity index (χ2v) is 5.45. The minimum absolute atomic E-state index is 0.0598. The Kier molecular flexibility index (Phi) is 6.07. The fourth-order valence-electron chi connectivity index (χ4n) is 2.09. The zero-order valence-electron chi connectivity index (χ0n) is 13.8. The van der Waals surface area contributed by atoms with E-state index in [9.17, 15) is 14.0 Å². The van der Waals surface area contributed by atoms with Crippen LogP contribution in [-0.2, 0) is 11.3 Å². The molecule has 2 aromatic rings. The molecule has 0 heterocycles. The minimum Gasteiger partial charge on any atom is -0.484 e. The molecule has 0 aliphatic heterocycles. The van der Waals surface area contributed by atoms with Gasteiger partial charge in [0.1, 0.15) is 11.6 Å². The summed E-state index contributed by atoms with van der Waals surface area (Å²) in [6.45, 7) is 3.58. The highest BCUT2D eigenvalue weighted by atomic mass is 19.1. The van der Waals surface area contributed by atoms with Gasteiger partial charge >= 0.3 is 0 Å². The normalized spacial score (nSPS) is 10.3. The van der Waals surface area contributed by atoms with Gasteiger partial charge in [-0.1, -0.05) is 19.1 Å². The Hall–Kier alpha value is -2.69. The molecule has 24 heavy (non-hydrogen) atoms. The van der Waals surface area contributed by atoms with E-state index in [-0.39, 0.29) is 30.7 Å². The number of ketones is 1. The summed E-state index contributed by atoms with van der Waals surface area (Å²) in [7, 11) is 0. The van der Waals surface area contributed by atoms with E-state index in [1.165, 1.54) is 6.07 Å². The molecular weight excluding hydrogens is 309 g/mol. The van der Waals surface area contributed by atoms with Crippen molar-refractivity contribution in [2.24, 2.45) is 0 Å². The lowest BCUT2D eigenvalue weighted by Crippen LogP contribution is -2.28. The third-order valence-corrected chi connectivity index (χ3v) is 3.59. The summed E-state index contributed by atoms with van der Waals surface area (Å²) >= 11 is 0. The lowest BCUT2D eigenvalue weighted by molar-refractivity contribution is -0.123. The minimum atomic E-state index is -0.301. The molecule has 0 aliphatic rings. The van der Waals surface area contributed by atoms with E-state index in [2.05, 4.69) is 5.32 Å². The lowest BCUT2D eigenvalue weighted by Gasteiger charge is -2.08. The van der Waals surface area contributed by atoms with Crippen LogP contribution < -0.4 is 10.1 Å². The predicted octanol–water partition coefficient (Wildman–Crippen LogP) is 3.42. The molecule has 126 valence electrons. The van der Waals surface area contributed by atoms with E-state index in [0.29, 0.717) is 28.9 Å². The number of rotatable bonds is 7. The number of carbonyl (C=O) groups excluding carboxylic acids is 2. The van der Waals surface area contributed by atoms with Gasteiger partial charge in [0.25, 0.3) is 5.91 Å². The van der Waals surface area contributed by atoms with Crippen LogP contribution in [0.3, 0.4) is 0 Å². The van der Waals surface area contributed by atoms with Crippen LogP contribution in [0.5, 0.6) is 5.75 Å².